The van der Waals surface area contributed by atoms with Gasteiger partial charge in [0.15, 0.2) is 0 Å². The molecule has 3 N–H and O–H groups in total. The molecule has 2 unspecified atom stereocenters. The summed E-state index contributed by atoms with van der Waals surface area (Å²) < 4.78 is 1.97. The van der Waals surface area contributed by atoms with Gasteiger partial charge < -0.3 is 10.3 Å². The fraction of sp³-hybridized carbons (Fsp3) is 0.208. The van der Waals surface area contributed by atoms with E-state index < -0.39 is 23.3 Å². The fourth-order valence-electron chi connectivity index (χ4n) is 4.83. The molecule has 0 bridgehead atoms. The molecule has 2 aliphatic heterocycles. The average Bonchev–Trinajstić information content (AvgIpc) is 3.39. The van der Waals surface area contributed by atoms with E-state index in [4.69, 9.17) is 5.73 Å². The first kappa shape index (κ1) is 18.5. The van der Waals surface area contributed by atoms with E-state index >= 15 is 0 Å². The van der Waals surface area contributed by atoms with E-state index in [1.807, 2.05) is 73.3 Å². The number of para-hydroxylation sites is 2. The van der Waals surface area contributed by atoms with Gasteiger partial charge in [-0.15, -0.1) is 0 Å². The van der Waals surface area contributed by atoms with Crippen LogP contribution in [0.5, 0.6) is 0 Å². The molecule has 6 heteroatoms. The molecule has 0 spiro atoms. The first-order valence-corrected chi connectivity index (χ1v) is 10.0. The van der Waals surface area contributed by atoms with Crippen LogP contribution in [0.2, 0.25) is 0 Å². The lowest BCUT2D eigenvalue weighted by atomic mass is 9.68. The Morgan fingerprint density at radius 2 is 1.83 bits per heavy atom. The average molecular weight is 398 g/mol. The van der Waals surface area contributed by atoms with Crippen molar-refractivity contribution in [2.24, 2.45) is 17.8 Å². The molecular weight excluding hydrogens is 376 g/mol. The summed E-state index contributed by atoms with van der Waals surface area (Å²) >= 11 is 0. The van der Waals surface area contributed by atoms with E-state index in [0.29, 0.717) is 17.6 Å². The number of hydrogen-bond donors (Lipinski definition) is 2. The van der Waals surface area contributed by atoms with Gasteiger partial charge in [0.1, 0.15) is 0 Å². The molecule has 3 heterocycles. The number of carbonyl (C=O) groups excluding carboxylic acids is 2. The van der Waals surface area contributed by atoms with Crippen LogP contribution in [0, 0.1) is 0 Å². The number of aliphatic imine (C=N–C) groups is 1. The Kier molecular flexibility index (Phi) is 4.01. The van der Waals surface area contributed by atoms with Crippen molar-refractivity contribution in [2.75, 3.05) is 0 Å². The largest absolute Gasteiger partial charge is 0.350 e. The van der Waals surface area contributed by atoms with E-state index in [0.717, 1.165) is 27.7 Å². The van der Waals surface area contributed by atoms with E-state index in [1.54, 1.807) is 6.21 Å². The van der Waals surface area contributed by atoms with Gasteiger partial charge in [0.05, 0.1) is 16.7 Å². The maximum Gasteiger partial charge on any atom is 0.259 e. The van der Waals surface area contributed by atoms with Gasteiger partial charge in [0, 0.05) is 47.5 Å². The van der Waals surface area contributed by atoms with Gasteiger partial charge >= 0.3 is 0 Å². The Bertz CT molecular complexity index is 1280. The van der Waals surface area contributed by atoms with Crippen LogP contribution >= 0.6 is 0 Å². The summed E-state index contributed by atoms with van der Waals surface area (Å²) in [6.07, 6.45) is 4.28. The second kappa shape index (κ2) is 6.50. The zero-order valence-electron chi connectivity index (χ0n) is 16.8. The van der Waals surface area contributed by atoms with E-state index in [2.05, 4.69) is 10.3 Å². The number of amides is 2. The predicted octanol–water partition coefficient (Wildman–Crippen LogP) is 2.98. The lowest BCUT2D eigenvalue weighted by Gasteiger charge is -2.34. The number of fused-ring (bicyclic) bond motifs is 2. The second-order valence-electron chi connectivity index (χ2n) is 7.86. The maximum atomic E-state index is 13.2. The molecule has 2 atom stereocenters. The van der Waals surface area contributed by atoms with Crippen molar-refractivity contribution in [3.63, 3.8) is 0 Å². The first-order valence-electron chi connectivity index (χ1n) is 10.0. The number of imide groups is 1. The van der Waals surface area contributed by atoms with E-state index in [-0.39, 0.29) is 0 Å². The highest BCUT2D eigenvalue weighted by Gasteiger charge is 2.52. The lowest BCUT2D eigenvalue weighted by molar-refractivity contribution is -0.123. The summed E-state index contributed by atoms with van der Waals surface area (Å²) in [5.74, 6) is -0.804. The van der Waals surface area contributed by atoms with Crippen LogP contribution in [0.15, 0.2) is 65.3 Å². The molecule has 0 saturated carbocycles. The Balaban J connectivity index is 1.88. The third-order valence-corrected chi connectivity index (χ3v) is 6.29. The molecule has 0 aliphatic carbocycles. The third kappa shape index (κ3) is 2.31. The van der Waals surface area contributed by atoms with Crippen LogP contribution < -0.4 is 11.1 Å². The monoisotopic (exact) mass is 398 g/mol. The predicted molar refractivity (Wildman–Crippen MR) is 118 cm³/mol. The van der Waals surface area contributed by atoms with Crippen molar-refractivity contribution < 1.29 is 9.59 Å². The molecule has 0 fully saturated rings. The summed E-state index contributed by atoms with van der Waals surface area (Å²) in [7, 11) is 1.93. The van der Waals surface area contributed by atoms with Gasteiger partial charge in [-0.25, -0.2) is 0 Å². The molecule has 6 nitrogen and oxygen atoms in total. The molecule has 2 aliphatic rings. The van der Waals surface area contributed by atoms with Crippen LogP contribution in [-0.4, -0.2) is 28.6 Å². The number of benzene rings is 2. The van der Waals surface area contributed by atoms with Crippen molar-refractivity contribution in [3.8, 4) is 0 Å². The number of nitrogens with two attached hydrogens (primary N) is 1. The van der Waals surface area contributed by atoms with Gasteiger partial charge in [-0.2, -0.15) is 0 Å². The Morgan fingerprint density at radius 1 is 1.10 bits per heavy atom. The highest BCUT2D eigenvalue weighted by molar-refractivity contribution is 6.39. The minimum Gasteiger partial charge on any atom is -0.350 e. The van der Waals surface area contributed by atoms with Crippen molar-refractivity contribution in [3.05, 3.63) is 71.4 Å². The molecule has 150 valence electrons. The SMILES string of the molecule is CCC(N)C1(C2=C(c3cn(C)c4ccccc34)C(=O)NC2=O)C=Nc2ccccc21. The topological polar surface area (TPSA) is 89.5 Å². The zero-order valence-corrected chi connectivity index (χ0v) is 16.8. The Labute approximate surface area is 174 Å². The minimum atomic E-state index is -0.964. The Morgan fingerprint density at radius 3 is 2.63 bits per heavy atom. The minimum absolute atomic E-state index is 0.379. The van der Waals surface area contributed by atoms with E-state index in [1.165, 1.54) is 0 Å². The van der Waals surface area contributed by atoms with Crippen LogP contribution in [0.3, 0.4) is 0 Å². The van der Waals surface area contributed by atoms with Gasteiger partial charge in [0.25, 0.3) is 11.8 Å². The summed E-state index contributed by atoms with van der Waals surface area (Å²) in [5, 5.41) is 3.44. The molecular formula is C24H22N4O2. The molecule has 2 amide bonds. The standard InChI is InChI=1S/C24H22N4O2/c1-3-19(25)24(13-26-17-10-6-5-9-16(17)24)21-20(22(29)27-23(21)30)15-12-28(2)18-11-7-4-8-14(15)18/h4-13,19H,3,25H2,1-2H3,(H,27,29,30). The molecule has 1 aromatic heterocycles. The number of nitrogens with zero attached hydrogens (tertiary/aromatic N) is 2. The quantitative estimate of drug-likeness (QED) is 0.662. The van der Waals surface area contributed by atoms with Gasteiger partial charge in [-0.3, -0.25) is 19.9 Å². The molecule has 2 aromatic carbocycles. The fourth-order valence-corrected chi connectivity index (χ4v) is 4.83. The maximum absolute atomic E-state index is 13.2. The summed E-state index contributed by atoms with van der Waals surface area (Å²) in [6.45, 7) is 1.98. The molecule has 5 rings (SSSR count). The van der Waals surface area contributed by atoms with Crippen molar-refractivity contribution in [1.29, 1.82) is 0 Å². The van der Waals surface area contributed by atoms with Crippen molar-refractivity contribution in [2.45, 2.75) is 24.8 Å². The summed E-state index contributed by atoms with van der Waals surface area (Å²) in [4.78, 5) is 30.9. The van der Waals surface area contributed by atoms with Crippen molar-refractivity contribution in [1.82, 2.24) is 9.88 Å². The Hall–Kier alpha value is -3.51. The molecule has 0 saturated heterocycles. The van der Waals surface area contributed by atoms with Crippen molar-refractivity contribution >= 4 is 40.2 Å². The number of aromatic nitrogens is 1. The number of hydrogen-bond acceptors (Lipinski definition) is 4. The van der Waals surface area contributed by atoms with E-state index in [9.17, 15) is 9.59 Å². The molecule has 3 aromatic rings. The summed E-state index contributed by atoms with van der Waals surface area (Å²) in [6, 6.07) is 15.1. The zero-order chi connectivity index (χ0) is 21.0. The van der Waals surface area contributed by atoms with Gasteiger partial charge in [0.2, 0.25) is 0 Å². The van der Waals surface area contributed by atoms with Gasteiger partial charge in [-0.1, -0.05) is 43.3 Å². The third-order valence-electron chi connectivity index (χ3n) is 6.29. The van der Waals surface area contributed by atoms with Crippen LogP contribution in [0.25, 0.3) is 16.5 Å². The number of aryl methyl sites for hydroxylation is 1. The number of nitrogens with one attached hydrogen (secondary N) is 1. The lowest BCUT2D eigenvalue weighted by Crippen LogP contribution is -2.49. The summed E-state index contributed by atoms with van der Waals surface area (Å²) in [5.41, 5.74) is 9.80. The number of carbonyl (C=O) groups is 2. The molecule has 0 radical (unpaired) electrons. The number of rotatable bonds is 4. The van der Waals surface area contributed by atoms with Crippen LogP contribution in [0.4, 0.5) is 5.69 Å². The normalized spacial score (nSPS) is 21.4. The van der Waals surface area contributed by atoms with Gasteiger partial charge in [-0.05, 0) is 24.1 Å². The second-order valence-corrected chi connectivity index (χ2v) is 7.86. The van der Waals surface area contributed by atoms with Crippen LogP contribution in [-0.2, 0) is 22.1 Å². The smallest absolute Gasteiger partial charge is 0.259 e. The highest BCUT2D eigenvalue weighted by Crippen LogP contribution is 2.48. The van der Waals surface area contributed by atoms with Crippen LogP contribution in [0.1, 0.15) is 24.5 Å². The molecule has 30 heavy (non-hydrogen) atoms. The first-order chi connectivity index (χ1) is 14.5. The highest BCUT2D eigenvalue weighted by atomic mass is 16.2.